The van der Waals surface area contributed by atoms with Gasteiger partial charge in [0.05, 0.1) is 5.69 Å². The summed E-state index contributed by atoms with van der Waals surface area (Å²) in [6.45, 7) is 4.05. The molecular formula is C14H18N4. The van der Waals surface area contributed by atoms with Gasteiger partial charge in [0.25, 0.3) is 0 Å². The standard InChI is InChI=1S/C14H18N4/c1-10-12-6-2-3-7-13(12)14(18-17-10)16-9-11-5-4-8-15-11/h2-3,6-7,11,15H,4-5,8-9H2,1H3,(H,16,18). The summed E-state index contributed by atoms with van der Waals surface area (Å²) in [5.41, 5.74) is 0.982. The molecule has 18 heavy (non-hydrogen) atoms. The molecule has 0 amide bonds. The van der Waals surface area contributed by atoms with Crippen LogP contribution in [-0.4, -0.2) is 29.3 Å². The molecule has 4 heteroatoms. The maximum atomic E-state index is 4.28. The lowest BCUT2D eigenvalue weighted by atomic mass is 10.1. The Morgan fingerprint density at radius 2 is 2.11 bits per heavy atom. The first-order valence-corrected chi connectivity index (χ1v) is 6.54. The number of nitrogens with one attached hydrogen (secondary N) is 2. The fraction of sp³-hybridized carbons (Fsp3) is 0.429. The van der Waals surface area contributed by atoms with Crippen LogP contribution in [0.5, 0.6) is 0 Å². The van der Waals surface area contributed by atoms with Crippen LogP contribution in [0, 0.1) is 6.92 Å². The molecule has 1 aliphatic heterocycles. The van der Waals surface area contributed by atoms with E-state index in [1.165, 1.54) is 18.2 Å². The third kappa shape index (κ3) is 2.16. The Morgan fingerprint density at radius 1 is 1.28 bits per heavy atom. The number of hydrogen-bond donors (Lipinski definition) is 2. The van der Waals surface area contributed by atoms with Crippen molar-refractivity contribution in [1.29, 1.82) is 0 Å². The zero-order valence-electron chi connectivity index (χ0n) is 10.6. The van der Waals surface area contributed by atoms with Gasteiger partial charge in [-0.1, -0.05) is 24.3 Å². The molecule has 94 valence electrons. The van der Waals surface area contributed by atoms with Crippen LogP contribution < -0.4 is 10.6 Å². The molecule has 1 aliphatic rings. The molecule has 4 nitrogen and oxygen atoms in total. The second-order valence-electron chi connectivity index (χ2n) is 4.85. The van der Waals surface area contributed by atoms with Gasteiger partial charge in [0.15, 0.2) is 5.82 Å². The summed E-state index contributed by atoms with van der Waals surface area (Å²) in [5.74, 6) is 0.893. The van der Waals surface area contributed by atoms with E-state index in [4.69, 9.17) is 0 Å². The van der Waals surface area contributed by atoms with E-state index in [1.54, 1.807) is 0 Å². The summed E-state index contributed by atoms with van der Waals surface area (Å²) >= 11 is 0. The molecule has 1 unspecified atom stereocenters. The minimum absolute atomic E-state index is 0.562. The van der Waals surface area contributed by atoms with Crippen LogP contribution in [0.25, 0.3) is 10.8 Å². The number of rotatable bonds is 3. The Bertz CT molecular complexity index is 546. The summed E-state index contributed by atoms with van der Waals surface area (Å²) in [6.07, 6.45) is 2.51. The number of hydrogen-bond acceptors (Lipinski definition) is 4. The number of benzene rings is 1. The Balaban J connectivity index is 1.85. The van der Waals surface area contributed by atoms with Crippen LogP contribution in [0.3, 0.4) is 0 Å². The van der Waals surface area contributed by atoms with E-state index in [2.05, 4.69) is 33.0 Å². The molecule has 0 bridgehead atoms. The van der Waals surface area contributed by atoms with E-state index in [0.29, 0.717) is 6.04 Å². The highest BCUT2D eigenvalue weighted by molar-refractivity contribution is 5.92. The molecule has 2 N–H and O–H groups in total. The molecular weight excluding hydrogens is 224 g/mol. The lowest BCUT2D eigenvalue weighted by Crippen LogP contribution is -2.29. The molecule has 0 aliphatic carbocycles. The van der Waals surface area contributed by atoms with E-state index < -0.39 is 0 Å². The highest BCUT2D eigenvalue weighted by atomic mass is 15.2. The van der Waals surface area contributed by atoms with E-state index >= 15 is 0 Å². The Kier molecular flexibility index (Phi) is 3.11. The van der Waals surface area contributed by atoms with Crippen molar-refractivity contribution < 1.29 is 0 Å². The molecule has 1 fully saturated rings. The van der Waals surface area contributed by atoms with Gasteiger partial charge in [-0.05, 0) is 26.3 Å². The van der Waals surface area contributed by atoms with Crippen molar-refractivity contribution >= 4 is 16.6 Å². The summed E-state index contributed by atoms with van der Waals surface area (Å²) < 4.78 is 0. The van der Waals surface area contributed by atoms with Crippen molar-refractivity contribution in [2.45, 2.75) is 25.8 Å². The molecule has 0 saturated carbocycles. The lowest BCUT2D eigenvalue weighted by molar-refractivity contribution is 0.632. The minimum atomic E-state index is 0.562. The quantitative estimate of drug-likeness (QED) is 0.865. The van der Waals surface area contributed by atoms with Crippen LogP contribution in [0.1, 0.15) is 18.5 Å². The maximum Gasteiger partial charge on any atom is 0.156 e. The van der Waals surface area contributed by atoms with Crippen molar-refractivity contribution in [3.63, 3.8) is 0 Å². The summed E-state index contributed by atoms with van der Waals surface area (Å²) in [4.78, 5) is 0. The normalized spacial score (nSPS) is 19.3. The first-order valence-electron chi connectivity index (χ1n) is 6.54. The first-order chi connectivity index (χ1) is 8.84. The van der Waals surface area contributed by atoms with Crippen molar-refractivity contribution in [3.8, 4) is 0 Å². The van der Waals surface area contributed by atoms with Crippen molar-refractivity contribution in [2.75, 3.05) is 18.4 Å². The highest BCUT2D eigenvalue weighted by Crippen LogP contribution is 2.22. The van der Waals surface area contributed by atoms with Crippen LogP contribution in [0.4, 0.5) is 5.82 Å². The topological polar surface area (TPSA) is 49.8 Å². The molecule has 0 radical (unpaired) electrons. The van der Waals surface area contributed by atoms with E-state index in [0.717, 1.165) is 30.0 Å². The largest absolute Gasteiger partial charge is 0.367 e. The predicted molar refractivity (Wildman–Crippen MR) is 73.8 cm³/mol. The van der Waals surface area contributed by atoms with Crippen molar-refractivity contribution in [1.82, 2.24) is 15.5 Å². The summed E-state index contributed by atoms with van der Waals surface area (Å²) in [6, 6.07) is 8.84. The molecule has 1 aromatic carbocycles. The Labute approximate surface area is 107 Å². The predicted octanol–water partition coefficient (Wildman–Crippen LogP) is 2.10. The minimum Gasteiger partial charge on any atom is -0.367 e. The van der Waals surface area contributed by atoms with Crippen LogP contribution in [-0.2, 0) is 0 Å². The average molecular weight is 242 g/mol. The van der Waals surface area contributed by atoms with Crippen molar-refractivity contribution in [3.05, 3.63) is 30.0 Å². The molecule has 1 saturated heterocycles. The number of aryl methyl sites for hydroxylation is 1. The molecule has 2 aromatic rings. The van der Waals surface area contributed by atoms with Gasteiger partial charge in [0, 0.05) is 23.4 Å². The Hall–Kier alpha value is -1.68. The third-order valence-electron chi connectivity index (χ3n) is 3.55. The van der Waals surface area contributed by atoms with E-state index in [9.17, 15) is 0 Å². The number of aromatic nitrogens is 2. The highest BCUT2D eigenvalue weighted by Gasteiger charge is 2.14. The SMILES string of the molecule is Cc1nnc(NCC2CCCN2)c2ccccc12. The lowest BCUT2D eigenvalue weighted by Gasteiger charge is -2.13. The van der Waals surface area contributed by atoms with Crippen LogP contribution >= 0.6 is 0 Å². The average Bonchev–Trinajstić information content (AvgIpc) is 2.92. The van der Waals surface area contributed by atoms with Crippen LogP contribution in [0.15, 0.2) is 24.3 Å². The van der Waals surface area contributed by atoms with Crippen LogP contribution in [0.2, 0.25) is 0 Å². The van der Waals surface area contributed by atoms with E-state index in [-0.39, 0.29) is 0 Å². The zero-order valence-corrected chi connectivity index (χ0v) is 10.6. The van der Waals surface area contributed by atoms with E-state index in [1.807, 2.05) is 19.1 Å². The summed E-state index contributed by atoms with van der Waals surface area (Å²) in [5, 5.41) is 17.7. The number of anilines is 1. The van der Waals surface area contributed by atoms with Crippen molar-refractivity contribution in [2.24, 2.45) is 0 Å². The molecule has 1 aromatic heterocycles. The van der Waals surface area contributed by atoms with Gasteiger partial charge < -0.3 is 10.6 Å². The molecule has 1 atom stereocenters. The second kappa shape index (κ2) is 4.90. The van der Waals surface area contributed by atoms with Gasteiger partial charge in [-0.15, -0.1) is 5.10 Å². The molecule has 2 heterocycles. The number of nitrogens with zero attached hydrogens (tertiary/aromatic N) is 2. The molecule has 3 rings (SSSR count). The third-order valence-corrected chi connectivity index (χ3v) is 3.55. The maximum absolute atomic E-state index is 4.28. The fourth-order valence-electron chi connectivity index (χ4n) is 2.52. The van der Waals surface area contributed by atoms with Gasteiger partial charge in [-0.2, -0.15) is 5.10 Å². The first kappa shape index (κ1) is 11.4. The monoisotopic (exact) mass is 242 g/mol. The van der Waals surface area contributed by atoms with Gasteiger partial charge in [0.1, 0.15) is 0 Å². The number of fused-ring (bicyclic) bond motifs is 1. The fourth-order valence-corrected chi connectivity index (χ4v) is 2.52. The molecule has 0 spiro atoms. The summed E-state index contributed by atoms with van der Waals surface area (Å²) in [7, 11) is 0. The zero-order chi connectivity index (χ0) is 12.4. The van der Waals surface area contributed by atoms with Gasteiger partial charge in [-0.3, -0.25) is 0 Å². The van der Waals surface area contributed by atoms with Gasteiger partial charge in [0.2, 0.25) is 0 Å². The van der Waals surface area contributed by atoms with Gasteiger partial charge in [-0.25, -0.2) is 0 Å². The Morgan fingerprint density at radius 3 is 2.89 bits per heavy atom. The smallest absolute Gasteiger partial charge is 0.156 e. The second-order valence-corrected chi connectivity index (χ2v) is 4.85. The van der Waals surface area contributed by atoms with Gasteiger partial charge >= 0.3 is 0 Å².